The highest BCUT2D eigenvalue weighted by Gasteiger charge is 2.35. The fourth-order valence-electron chi connectivity index (χ4n) is 3.04. The molecule has 0 aliphatic rings. The van der Waals surface area contributed by atoms with Crippen molar-refractivity contribution in [1.82, 2.24) is 5.32 Å². The minimum atomic E-state index is -1.29. The summed E-state index contributed by atoms with van der Waals surface area (Å²) in [5.41, 5.74) is 1.58. The highest BCUT2D eigenvalue weighted by molar-refractivity contribution is 6.05. The van der Waals surface area contributed by atoms with E-state index in [0.29, 0.717) is 0 Å². The second kappa shape index (κ2) is 12.3. The van der Waals surface area contributed by atoms with Crippen LogP contribution in [-0.2, 0) is 36.9 Å². The van der Waals surface area contributed by atoms with Crippen LogP contribution in [0.4, 0.5) is 4.79 Å². The van der Waals surface area contributed by atoms with E-state index in [1.54, 1.807) is 6.92 Å². The van der Waals surface area contributed by atoms with Crippen molar-refractivity contribution < 1.29 is 28.7 Å². The molecule has 1 amide bonds. The molecule has 2 rings (SSSR count). The maximum Gasteiger partial charge on any atom is 0.408 e. The molecule has 7 heteroatoms. The van der Waals surface area contributed by atoms with Crippen molar-refractivity contribution in [3.05, 3.63) is 71.8 Å². The number of carbonyl (C=O) groups is 4. The van der Waals surface area contributed by atoms with Gasteiger partial charge in [-0.3, -0.25) is 14.4 Å². The number of alkyl carbamates (subject to hydrolysis) is 1. The molecule has 2 aromatic rings. The molecule has 0 spiro atoms. The van der Waals surface area contributed by atoms with Gasteiger partial charge in [0.1, 0.15) is 18.3 Å². The van der Waals surface area contributed by atoms with Gasteiger partial charge in [0.25, 0.3) is 0 Å². The third-order valence-corrected chi connectivity index (χ3v) is 4.79. The first kappa shape index (κ1) is 23.8. The molecule has 0 radical (unpaired) electrons. The molecule has 1 unspecified atom stereocenters. The van der Waals surface area contributed by atoms with Crippen LogP contribution in [0.5, 0.6) is 0 Å². The molecule has 0 saturated heterocycles. The monoisotopic (exact) mass is 425 g/mol. The fourth-order valence-corrected chi connectivity index (χ4v) is 3.04. The van der Waals surface area contributed by atoms with E-state index < -0.39 is 29.8 Å². The second-order valence-corrected chi connectivity index (χ2v) is 7.02. The average molecular weight is 425 g/mol. The quantitative estimate of drug-likeness (QED) is 0.438. The van der Waals surface area contributed by atoms with Gasteiger partial charge in [-0.2, -0.15) is 0 Å². The molecule has 0 saturated carbocycles. The molecule has 0 fully saturated rings. The Morgan fingerprint density at radius 1 is 0.903 bits per heavy atom. The Hall–Kier alpha value is -3.48. The van der Waals surface area contributed by atoms with Crippen LogP contribution in [0.3, 0.4) is 0 Å². The third-order valence-electron chi connectivity index (χ3n) is 4.79. The van der Waals surface area contributed by atoms with Gasteiger partial charge in [-0.25, -0.2) is 4.79 Å². The minimum Gasteiger partial charge on any atom is -0.468 e. The smallest absolute Gasteiger partial charge is 0.408 e. The SMILES string of the molecule is CCC(=O)CC(C(=O)OC)C(=O)[C@H](Cc1ccccc1)NC(=O)OCc1ccccc1. The van der Waals surface area contributed by atoms with Crippen LogP contribution < -0.4 is 5.32 Å². The molecule has 0 heterocycles. The number of methoxy groups -OCH3 is 1. The van der Waals surface area contributed by atoms with E-state index in [1.807, 2.05) is 60.7 Å². The minimum absolute atomic E-state index is 0.0354. The number of hydrogen-bond donors (Lipinski definition) is 1. The van der Waals surface area contributed by atoms with Crippen LogP contribution in [0.25, 0.3) is 0 Å². The molecular formula is C24H27NO6. The lowest BCUT2D eigenvalue weighted by Crippen LogP contribution is -2.47. The van der Waals surface area contributed by atoms with Crippen LogP contribution >= 0.6 is 0 Å². The molecule has 7 nitrogen and oxygen atoms in total. The van der Waals surface area contributed by atoms with E-state index in [4.69, 9.17) is 9.47 Å². The van der Waals surface area contributed by atoms with Crippen molar-refractivity contribution in [3.8, 4) is 0 Å². The zero-order valence-corrected chi connectivity index (χ0v) is 17.7. The van der Waals surface area contributed by atoms with Crippen molar-refractivity contribution in [3.63, 3.8) is 0 Å². The van der Waals surface area contributed by atoms with Gasteiger partial charge in [-0.1, -0.05) is 67.6 Å². The zero-order chi connectivity index (χ0) is 22.6. The summed E-state index contributed by atoms with van der Waals surface area (Å²) in [6.45, 7) is 1.69. The Morgan fingerprint density at radius 2 is 1.48 bits per heavy atom. The Bertz CT molecular complexity index is 881. The number of esters is 1. The van der Waals surface area contributed by atoms with Crippen LogP contribution in [0, 0.1) is 5.92 Å². The lowest BCUT2D eigenvalue weighted by Gasteiger charge is -2.22. The fraction of sp³-hybridized carbons (Fsp3) is 0.333. The topological polar surface area (TPSA) is 98.8 Å². The van der Waals surface area contributed by atoms with Crippen molar-refractivity contribution >= 4 is 23.6 Å². The van der Waals surface area contributed by atoms with Crippen LogP contribution in [0.1, 0.15) is 30.9 Å². The Kier molecular flexibility index (Phi) is 9.42. The van der Waals surface area contributed by atoms with Crippen LogP contribution in [0.2, 0.25) is 0 Å². The number of carbonyl (C=O) groups excluding carboxylic acids is 4. The highest BCUT2D eigenvalue weighted by Crippen LogP contribution is 2.15. The van der Waals surface area contributed by atoms with Crippen LogP contribution in [0.15, 0.2) is 60.7 Å². The van der Waals surface area contributed by atoms with Crippen molar-refractivity contribution in [2.24, 2.45) is 5.92 Å². The van der Waals surface area contributed by atoms with E-state index >= 15 is 0 Å². The zero-order valence-electron chi connectivity index (χ0n) is 17.7. The van der Waals surface area contributed by atoms with Crippen molar-refractivity contribution in [2.45, 2.75) is 38.8 Å². The Labute approximate surface area is 181 Å². The van der Waals surface area contributed by atoms with Gasteiger partial charge in [0.15, 0.2) is 5.78 Å². The summed E-state index contributed by atoms with van der Waals surface area (Å²) < 4.78 is 9.96. The van der Waals surface area contributed by atoms with Gasteiger partial charge in [-0.05, 0) is 17.5 Å². The van der Waals surface area contributed by atoms with E-state index in [9.17, 15) is 19.2 Å². The maximum atomic E-state index is 13.2. The average Bonchev–Trinajstić information content (AvgIpc) is 2.81. The molecule has 0 aromatic heterocycles. The lowest BCUT2D eigenvalue weighted by atomic mass is 9.89. The Morgan fingerprint density at radius 3 is 2.03 bits per heavy atom. The first-order valence-corrected chi connectivity index (χ1v) is 10.1. The van der Waals surface area contributed by atoms with E-state index in [-0.39, 0.29) is 31.7 Å². The van der Waals surface area contributed by atoms with Crippen molar-refractivity contribution in [1.29, 1.82) is 0 Å². The molecule has 0 bridgehead atoms. The normalized spacial score (nSPS) is 12.3. The van der Waals surface area contributed by atoms with Gasteiger partial charge >= 0.3 is 12.1 Å². The maximum absolute atomic E-state index is 13.2. The van der Waals surface area contributed by atoms with Gasteiger partial charge in [-0.15, -0.1) is 0 Å². The summed E-state index contributed by atoms with van der Waals surface area (Å²) in [5.74, 6) is -2.92. The first-order chi connectivity index (χ1) is 14.9. The number of rotatable bonds is 11. The molecule has 0 aliphatic carbocycles. The van der Waals surface area contributed by atoms with E-state index in [0.717, 1.165) is 18.2 Å². The number of ether oxygens (including phenoxy) is 2. The standard InChI is InChI=1S/C24H27NO6/c1-3-19(26)15-20(23(28)30-2)22(27)21(14-17-10-6-4-7-11-17)25-24(29)31-16-18-12-8-5-9-13-18/h4-13,20-21H,3,14-16H2,1-2H3,(H,25,29)/t20?,21-/m0/s1. The number of amides is 1. The first-order valence-electron chi connectivity index (χ1n) is 10.1. The molecular weight excluding hydrogens is 398 g/mol. The van der Waals surface area contributed by atoms with E-state index in [2.05, 4.69) is 5.32 Å². The largest absolute Gasteiger partial charge is 0.468 e. The Balaban J connectivity index is 2.17. The summed E-state index contributed by atoms with van der Waals surface area (Å²) in [4.78, 5) is 49.7. The summed E-state index contributed by atoms with van der Waals surface area (Å²) in [6.07, 6.45) is -0.720. The number of ketones is 2. The molecule has 2 atom stereocenters. The summed E-state index contributed by atoms with van der Waals surface area (Å²) in [5, 5.41) is 2.56. The number of nitrogens with one attached hydrogen (secondary N) is 1. The summed E-state index contributed by atoms with van der Waals surface area (Å²) in [7, 11) is 1.16. The highest BCUT2D eigenvalue weighted by atomic mass is 16.5. The molecule has 0 aliphatic heterocycles. The van der Waals surface area contributed by atoms with Gasteiger partial charge < -0.3 is 14.8 Å². The molecule has 1 N–H and O–H groups in total. The number of hydrogen-bond acceptors (Lipinski definition) is 6. The van der Waals surface area contributed by atoms with Gasteiger partial charge in [0.05, 0.1) is 13.2 Å². The predicted molar refractivity (Wildman–Crippen MR) is 114 cm³/mol. The summed E-state index contributed by atoms with van der Waals surface area (Å²) >= 11 is 0. The number of Topliss-reactive ketones (excluding diaryl/α,β-unsaturated/α-hetero) is 2. The van der Waals surface area contributed by atoms with Crippen LogP contribution in [-0.4, -0.2) is 36.8 Å². The second-order valence-electron chi connectivity index (χ2n) is 7.02. The molecule has 2 aromatic carbocycles. The van der Waals surface area contributed by atoms with E-state index in [1.165, 1.54) is 0 Å². The number of benzene rings is 2. The predicted octanol–water partition coefficient (Wildman–Crippen LogP) is 3.25. The molecule has 31 heavy (non-hydrogen) atoms. The summed E-state index contributed by atoms with van der Waals surface area (Å²) in [6, 6.07) is 17.1. The third kappa shape index (κ3) is 7.70. The van der Waals surface area contributed by atoms with Gasteiger partial charge in [0, 0.05) is 12.8 Å². The molecule has 164 valence electrons. The van der Waals surface area contributed by atoms with Gasteiger partial charge in [0.2, 0.25) is 0 Å². The van der Waals surface area contributed by atoms with Crippen molar-refractivity contribution in [2.75, 3.05) is 7.11 Å². The lowest BCUT2D eigenvalue weighted by molar-refractivity contribution is -0.151.